The minimum Gasteiger partial charge on any atom is -0.356 e. The maximum absolute atomic E-state index is 13.2. The second kappa shape index (κ2) is 7.31. The smallest absolute Gasteiger partial charge is 0.255 e. The van der Waals surface area contributed by atoms with E-state index in [9.17, 15) is 9.59 Å². The number of aryl methyl sites for hydroxylation is 2. The van der Waals surface area contributed by atoms with Gasteiger partial charge in [0.2, 0.25) is 5.91 Å². The first kappa shape index (κ1) is 18.5. The summed E-state index contributed by atoms with van der Waals surface area (Å²) in [6.45, 7) is 5.12. The van der Waals surface area contributed by atoms with Gasteiger partial charge in [-0.1, -0.05) is 0 Å². The van der Waals surface area contributed by atoms with Gasteiger partial charge in [-0.15, -0.1) is 0 Å². The number of carbonyl (C=O) groups excluding carboxylic acids is 2. The summed E-state index contributed by atoms with van der Waals surface area (Å²) in [4.78, 5) is 35.9. The summed E-state index contributed by atoms with van der Waals surface area (Å²) in [5, 5.41) is 3.82. The molecule has 0 radical (unpaired) electrons. The SMILES string of the molecule is CC(=O)NC[C@@H]1CN(C(=O)c2cnc3snc(C)c3c2)C[C@H]1c1cncn1C. The molecular formula is C19H22N6O2S. The summed E-state index contributed by atoms with van der Waals surface area (Å²) in [7, 11) is 1.95. The van der Waals surface area contributed by atoms with Crippen molar-refractivity contribution in [1.82, 2.24) is 29.1 Å². The topological polar surface area (TPSA) is 93.0 Å². The molecule has 28 heavy (non-hydrogen) atoms. The fourth-order valence-electron chi connectivity index (χ4n) is 3.82. The van der Waals surface area contributed by atoms with Crippen molar-refractivity contribution in [2.75, 3.05) is 19.6 Å². The minimum absolute atomic E-state index is 0.0440. The Morgan fingerprint density at radius 3 is 2.86 bits per heavy atom. The Balaban J connectivity index is 1.59. The number of pyridine rings is 1. The number of rotatable bonds is 4. The van der Waals surface area contributed by atoms with Gasteiger partial charge in [0.05, 0.1) is 17.6 Å². The van der Waals surface area contributed by atoms with Crippen LogP contribution >= 0.6 is 11.5 Å². The van der Waals surface area contributed by atoms with Crippen LogP contribution in [0.25, 0.3) is 10.2 Å². The molecule has 0 unspecified atom stereocenters. The number of imidazole rings is 1. The lowest BCUT2D eigenvalue weighted by Crippen LogP contribution is -2.32. The third kappa shape index (κ3) is 3.37. The zero-order valence-electron chi connectivity index (χ0n) is 16.0. The first-order chi connectivity index (χ1) is 13.4. The van der Waals surface area contributed by atoms with Crippen molar-refractivity contribution >= 4 is 33.6 Å². The Morgan fingerprint density at radius 2 is 2.14 bits per heavy atom. The lowest BCUT2D eigenvalue weighted by Gasteiger charge is -2.18. The Morgan fingerprint density at radius 1 is 1.32 bits per heavy atom. The molecule has 4 rings (SSSR count). The zero-order chi connectivity index (χ0) is 19.8. The lowest BCUT2D eigenvalue weighted by atomic mass is 9.93. The van der Waals surface area contributed by atoms with Crippen molar-refractivity contribution in [3.05, 3.63) is 41.7 Å². The fraction of sp³-hybridized carbons (Fsp3) is 0.421. The maximum Gasteiger partial charge on any atom is 0.255 e. The van der Waals surface area contributed by atoms with Crippen molar-refractivity contribution < 1.29 is 9.59 Å². The summed E-state index contributed by atoms with van der Waals surface area (Å²) < 4.78 is 6.29. The largest absolute Gasteiger partial charge is 0.356 e. The van der Waals surface area contributed by atoms with Crippen LogP contribution in [0.4, 0.5) is 0 Å². The molecule has 0 bridgehead atoms. The molecular weight excluding hydrogens is 376 g/mol. The molecule has 9 heteroatoms. The molecule has 1 fully saturated rings. The number of nitrogens with one attached hydrogen (secondary N) is 1. The van der Waals surface area contributed by atoms with Gasteiger partial charge in [-0.05, 0) is 24.5 Å². The van der Waals surface area contributed by atoms with Gasteiger partial charge in [0.15, 0.2) is 0 Å². The molecule has 0 aliphatic carbocycles. The highest BCUT2D eigenvalue weighted by Gasteiger charge is 2.38. The van der Waals surface area contributed by atoms with E-state index in [2.05, 4.69) is 19.7 Å². The van der Waals surface area contributed by atoms with Crippen LogP contribution in [0.1, 0.15) is 34.6 Å². The molecule has 1 aliphatic rings. The molecule has 1 aliphatic heterocycles. The van der Waals surface area contributed by atoms with Crippen LogP contribution in [0.2, 0.25) is 0 Å². The summed E-state index contributed by atoms with van der Waals surface area (Å²) in [6, 6.07) is 1.88. The van der Waals surface area contributed by atoms with E-state index in [0.717, 1.165) is 21.6 Å². The molecule has 8 nitrogen and oxygen atoms in total. The van der Waals surface area contributed by atoms with E-state index in [4.69, 9.17) is 0 Å². The first-order valence-electron chi connectivity index (χ1n) is 9.16. The molecule has 146 valence electrons. The second-order valence-corrected chi connectivity index (χ2v) is 8.04. The molecule has 2 atom stereocenters. The number of aromatic nitrogens is 4. The Bertz CT molecular complexity index is 1040. The highest BCUT2D eigenvalue weighted by Crippen LogP contribution is 2.33. The normalized spacial score (nSPS) is 19.3. The number of hydrogen-bond acceptors (Lipinski definition) is 6. The van der Waals surface area contributed by atoms with E-state index in [-0.39, 0.29) is 23.7 Å². The summed E-state index contributed by atoms with van der Waals surface area (Å²) in [5.41, 5.74) is 2.52. The number of fused-ring (bicyclic) bond motifs is 1. The van der Waals surface area contributed by atoms with Crippen LogP contribution in [0.5, 0.6) is 0 Å². The van der Waals surface area contributed by atoms with Gasteiger partial charge in [0, 0.05) is 68.9 Å². The average molecular weight is 398 g/mol. The molecule has 1 saturated heterocycles. The number of likely N-dealkylation sites (tertiary alicyclic amines) is 1. The Hall–Kier alpha value is -2.81. The van der Waals surface area contributed by atoms with Gasteiger partial charge in [-0.3, -0.25) is 9.59 Å². The van der Waals surface area contributed by atoms with Crippen molar-refractivity contribution in [3.8, 4) is 0 Å². The van der Waals surface area contributed by atoms with E-state index in [1.165, 1.54) is 18.5 Å². The van der Waals surface area contributed by atoms with Crippen LogP contribution in [-0.4, -0.2) is 55.3 Å². The number of carbonyl (C=O) groups is 2. The standard InChI is InChI=1S/C19H22N6O2S/c1-11-15-4-13(5-22-18(15)28-23-11)19(27)25-8-14(6-21-12(2)26)16(9-25)17-7-20-10-24(17)3/h4-5,7,10,14,16H,6,8-9H2,1-3H3,(H,21,26)/t14-,16-/m1/s1. The van der Waals surface area contributed by atoms with Gasteiger partial charge in [0.25, 0.3) is 5.91 Å². The predicted molar refractivity (Wildman–Crippen MR) is 106 cm³/mol. The van der Waals surface area contributed by atoms with Crippen LogP contribution in [0.15, 0.2) is 24.8 Å². The highest BCUT2D eigenvalue weighted by atomic mass is 32.1. The lowest BCUT2D eigenvalue weighted by molar-refractivity contribution is -0.119. The molecule has 0 spiro atoms. The summed E-state index contributed by atoms with van der Waals surface area (Å²) in [6.07, 6.45) is 5.23. The molecule has 2 amide bonds. The van der Waals surface area contributed by atoms with Gasteiger partial charge in [-0.2, -0.15) is 4.37 Å². The van der Waals surface area contributed by atoms with Crippen LogP contribution in [-0.2, 0) is 11.8 Å². The van der Waals surface area contributed by atoms with Crippen LogP contribution in [0, 0.1) is 12.8 Å². The van der Waals surface area contributed by atoms with E-state index in [1.54, 1.807) is 12.5 Å². The quantitative estimate of drug-likeness (QED) is 0.722. The molecule has 3 aromatic rings. The van der Waals surface area contributed by atoms with Crippen LogP contribution < -0.4 is 5.32 Å². The van der Waals surface area contributed by atoms with Crippen molar-refractivity contribution in [2.45, 2.75) is 19.8 Å². The first-order valence-corrected chi connectivity index (χ1v) is 9.93. The molecule has 1 N–H and O–H groups in total. The third-order valence-electron chi connectivity index (χ3n) is 5.33. The molecule has 3 aromatic heterocycles. The predicted octanol–water partition coefficient (Wildman–Crippen LogP) is 1.73. The maximum atomic E-state index is 13.2. The van der Waals surface area contributed by atoms with Crippen LogP contribution in [0.3, 0.4) is 0 Å². The summed E-state index contributed by atoms with van der Waals surface area (Å²) in [5.74, 6) is 0.134. The highest BCUT2D eigenvalue weighted by molar-refractivity contribution is 7.12. The average Bonchev–Trinajstić information content (AvgIpc) is 3.38. The Labute approximate surface area is 166 Å². The van der Waals surface area contributed by atoms with Gasteiger partial charge in [0.1, 0.15) is 4.83 Å². The minimum atomic E-state index is -0.0661. The van der Waals surface area contributed by atoms with Crippen molar-refractivity contribution in [3.63, 3.8) is 0 Å². The Kier molecular flexibility index (Phi) is 4.84. The fourth-order valence-corrected chi connectivity index (χ4v) is 4.55. The second-order valence-electron chi connectivity index (χ2n) is 7.29. The molecule has 4 heterocycles. The number of nitrogens with zero attached hydrogens (tertiary/aromatic N) is 5. The van der Waals surface area contributed by atoms with Gasteiger partial charge >= 0.3 is 0 Å². The van der Waals surface area contributed by atoms with E-state index >= 15 is 0 Å². The van der Waals surface area contributed by atoms with Gasteiger partial charge in [-0.25, -0.2) is 9.97 Å². The van der Waals surface area contributed by atoms with E-state index in [1.807, 2.05) is 35.7 Å². The van der Waals surface area contributed by atoms with E-state index < -0.39 is 0 Å². The zero-order valence-corrected chi connectivity index (χ0v) is 16.9. The number of hydrogen-bond donors (Lipinski definition) is 1. The number of amides is 2. The molecule has 0 aromatic carbocycles. The van der Waals surface area contributed by atoms with Crippen molar-refractivity contribution in [2.24, 2.45) is 13.0 Å². The monoisotopic (exact) mass is 398 g/mol. The van der Waals surface area contributed by atoms with Gasteiger partial charge < -0.3 is 14.8 Å². The summed E-state index contributed by atoms with van der Waals surface area (Å²) >= 11 is 1.34. The van der Waals surface area contributed by atoms with Crippen molar-refractivity contribution in [1.29, 1.82) is 0 Å². The molecule has 0 saturated carbocycles. The third-order valence-corrected chi connectivity index (χ3v) is 6.20. The van der Waals surface area contributed by atoms with E-state index in [0.29, 0.717) is 25.2 Å².